The molecule has 0 bridgehead atoms. The summed E-state index contributed by atoms with van der Waals surface area (Å²) < 4.78 is 0. The molecular formula is C12H25Cl2N3O. The fraction of sp³-hybridized carbons (Fsp3) is 0.917. The molecule has 1 saturated heterocycles. The molecule has 18 heavy (non-hydrogen) atoms. The Bertz CT molecular complexity index is 254. The Labute approximate surface area is 122 Å². The first-order chi connectivity index (χ1) is 7.66. The van der Waals surface area contributed by atoms with Gasteiger partial charge in [-0.25, -0.2) is 0 Å². The number of nitrogens with zero attached hydrogens (tertiary/aromatic N) is 1. The van der Waals surface area contributed by atoms with Crippen molar-refractivity contribution in [2.45, 2.75) is 31.7 Å². The molecule has 2 aliphatic rings. The van der Waals surface area contributed by atoms with E-state index in [-0.39, 0.29) is 42.7 Å². The standard InChI is InChI=1S/C12H23N3O.2ClH/c1-15-6-4-10(5-7-15)12(16)14-8-11(13)9-2-3-9;;/h9-11H,2-8,13H2,1H3,(H,14,16);2*1H. The molecule has 2 fully saturated rings. The first kappa shape index (κ1) is 18.0. The monoisotopic (exact) mass is 297 g/mol. The number of nitrogens with two attached hydrogens (primary N) is 1. The number of rotatable bonds is 4. The predicted molar refractivity (Wildman–Crippen MR) is 78.4 cm³/mol. The van der Waals surface area contributed by atoms with Crippen LogP contribution in [0.4, 0.5) is 0 Å². The van der Waals surface area contributed by atoms with Crippen molar-refractivity contribution in [2.75, 3.05) is 26.7 Å². The van der Waals surface area contributed by atoms with E-state index in [0.717, 1.165) is 25.9 Å². The number of amides is 1. The Morgan fingerprint density at radius 2 is 1.83 bits per heavy atom. The van der Waals surface area contributed by atoms with E-state index in [4.69, 9.17) is 5.73 Å². The molecule has 6 heteroatoms. The van der Waals surface area contributed by atoms with Crippen molar-refractivity contribution in [1.82, 2.24) is 10.2 Å². The van der Waals surface area contributed by atoms with E-state index >= 15 is 0 Å². The number of nitrogens with one attached hydrogen (secondary N) is 1. The number of halogens is 2. The molecule has 1 aliphatic carbocycles. The minimum absolute atomic E-state index is 0. The van der Waals surface area contributed by atoms with Crippen LogP contribution in [0.2, 0.25) is 0 Å². The highest BCUT2D eigenvalue weighted by Crippen LogP contribution is 2.31. The molecule has 0 aromatic rings. The number of hydrogen-bond donors (Lipinski definition) is 2. The molecule has 1 amide bonds. The maximum Gasteiger partial charge on any atom is 0.223 e. The number of hydrogen-bond acceptors (Lipinski definition) is 3. The van der Waals surface area contributed by atoms with Gasteiger partial charge in [0.25, 0.3) is 0 Å². The largest absolute Gasteiger partial charge is 0.354 e. The van der Waals surface area contributed by atoms with Gasteiger partial charge in [0, 0.05) is 18.5 Å². The lowest BCUT2D eigenvalue weighted by Crippen LogP contribution is -2.43. The molecule has 108 valence electrons. The topological polar surface area (TPSA) is 58.4 Å². The van der Waals surface area contributed by atoms with Gasteiger partial charge in [0.05, 0.1) is 0 Å². The van der Waals surface area contributed by atoms with Gasteiger partial charge in [0.1, 0.15) is 0 Å². The van der Waals surface area contributed by atoms with Gasteiger partial charge < -0.3 is 16.0 Å². The Balaban J connectivity index is 0.00000144. The molecule has 1 aliphatic heterocycles. The molecule has 1 unspecified atom stereocenters. The van der Waals surface area contributed by atoms with Crippen molar-refractivity contribution < 1.29 is 4.79 Å². The fourth-order valence-electron chi connectivity index (χ4n) is 2.32. The van der Waals surface area contributed by atoms with Gasteiger partial charge in [-0.2, -0.15) is 0 Å². The number of carbonyl (C=O) groups excluding carboxylic acids is 1. The SMILES string of the molecule is CN1CCC(C(=O)NCC(N)C2CC2)CC1.Cl.Cl. The van der Waals surface area contributed by atoms with Crippen LogP contribution < -0.4 is 11.1 Å². The maximum absolute atomic E-state index is 11.9. The summed E-state index contributed by atoms with van der Waals surface area (Å²) in [6.07, 6.45) is 4.46. The third-order valence-corrected chi connectivity index (χ3v) is 3.83. The molecule has 0 spiro atoms. The number of piperidine rings is 1. The van der Waals surface area contributed by atoms with E-state index in [2.05, 4.69) is 17.3 Å². The van der Waals surface area contributed by atoms with Crippen molar-refractivity contribution in [2.24, 2.45) is 17.6 Å². The van der Waals surface area contributed by atoms with E-state index in [9.17, 15) is 4.79 Å². The molecule has 1 heterocycles. The van der Waals surface area contributed by atoms with E-state index in [0.29, 0.717) is 12.5 Å². The summed E-state index contributed by atoms with van der Waals surface area (Å²) in [6.45, 7) is 2.73. The van der Waals surface area contributed by atoms with Crippen LogP contribution in [0.25, 0.3) is 0 Å². The molecule has 2 rings (SSSR count). The van der Waals surface area contributed by atoms with E-state index < -0.39 is 0 Å². The van der Waals surface area contributed by atoms with Crippen LogP contribution in [-0.2, 0) is 4.79 Å². The highest BCUT2D eigenvalue weighted by molar-refractivity contribution is 5.85. The van der Waals surface area contributed by atoms with Crippen LogP contribution in [0.3, 0.4) is 0 Å². The average Bonchev–Trinajstić information content (AvgIpc) is 3.10. The van der Waals surface area contributed by atoms with Gasteiger partial charge in [-0.3, -0.25) is 4.79 Å². The quantitative estimate of drug-likeness (QED) is 0.815. The van der Waals surface area contributed by atoms with Crippen molar-refractivity contribution in [3.05, 3.63) is 0 Å². The molecule has 4 nitrogen and oxygen atoms in total. The van der Waals surface area contributed by atoms with Crippen LogP contribution >= 0.6 is 24.8 Å². The van der Waals surface area contributed by atoms with Crippen LogP contribution in [0.1, 0.15) is 25.7 Å². The Hall–Kier alpha value is -0.0300. The Morgan fingerprint density at radius 3 is 2.33 bits per heavy atom. The van der Waals surface area contributed by atoms with Crippen molar-refractivity contribution >= 4 is 30.7 Å². The predicted octanol–water partition coefficient (Wildman–Crippen LogP) is 1.03. The zero-order chi connectivity index (χ0) is 11.5. The number of carbonyl (C=O) groups is 1. The first-order valence-electron chi connectivity index (χ1n) is 6.38. The lowest BCUT2D eigenvalue weighted by Gasteiger charge is -2.28. The average molecular weight is 298 g/mol. The first-order valence-corrected chi connectivity index (χ1v) is 6.38. The van der Waals surface area contributed by atoms with E-state index in [1.807, 2.05) is 0 Å². The molecule has 1 saturated carbocycles. The second kappa shape index (κ2) is 8.20. The summed E-state index contributed by atoms with van der Waals surface area (Å²) in [5, 5.41) is 3.01. The van der Waals surface area contributed by atoms with Crippen molar-refractivity contribution in [3.8, 4) is 0 Å². The highest BCUT2D eigenvalue weighted by Gasteiger charge is 2.29. The summed E-state index contributed by atoms with van der Waals surface area (Å²) in [6, 6.07) is 0.176. The third-order valence-electron chi connectivity index (χ3n) is 3.83. The van der Waals surface area contributed by atoms with Gasteiger partial charge in [-0.1, -0.05) is 0 Å². The molecule has 3 N–H and O–H groups in total. The molecule has 0 radical (unpaired) electrons. The van der Waals surface area contributed by atoms with Crippen molar-refractivity contribution in [3.63, 3.8) is 0 Å². The van der Waals surface area contributed by atoms with E-state index in [1.165, 1.54) is 12.8 Å². The van der Waals surface area contributed by atoms with Gasteiger partial charge in [-0.05, 0) is 51.7 Å². The Morgan fingerprint density at radius 1 is 1.28 bits per heavy atom. The second-order valence-corrected chi connectivity index (χ2v) is 5.32. The molecular weight excluding hydrogens is 273 g/mol. The zero-order valence-electron chi connectivity index (χ0n) is 10.9. The number of likely N-dealkylation sites (tertiary alicyclic amines) is 1. The van der Waals surface area contributed by atoms with Crippen LogP contribution in [0, 0.1) is 11.8 Å². The third kappa shape index (κ3) is 5.31. The fourth-order valence-corrected chi connectivity index (χ4v) is 2.32. The minimum atomic E-state index is 0. The zero-order valence-corrected chi connectivity index (χ0v) is 12.6. The van der Waals surface area contributed by atoms with Crippen LogP contribution in [0.15, 0.2) is 0 Å². The molecule has 0 aromatic carbocycles. The molecule has 0 aromatic heterocycles. The van der Waals surface area contributed by atoms with Gasteiger partial charge in [-0.15, -0.1) is 24.8 Å². The lowest BCUT2D eigenvalue weighted by molar-refractivity contribution is -0.126. The normalized spacial score (nSPS) is 22.6. The highest BCUT2D eigenvalue weighted by atomic mass is 35.5. The van der Waals surface area contributed by atoms with Crippen molar-refractivity contribution in [1.29, 1.82) is 0 Å². The summed E-state index contributed by atoms with van der Waals surface area (Å²) in [5.41, 5.74) is 5.96. The second-order valence-electron chi connectivity index (χ2n) is 5.32. The van der Waals surface area contributed by atoms with Crippen LogP contribution in [0.5, 0.6) is 0 Å². The minimum Gasteiger partial charge on any atom is -0.354 e. The lowest BCUT2D eigenvalue weighted by atomic mass is 9.96. The van der Waals surface area contributed by atoms with Gasteiger partial charge >= 0.3 is 0 Å². The summed E-state index contributed by atoms with van der Waals surface area (Å²) in [4.78, 5) is 14.1. The van der Waals surface area contributed by atoms with Gasteiger partial charge in [0.15, 0.2) is 0 Å². The molecule has 1 atom stereocenters. The summed E-state index contributed by atoms with van der Waals surface area (Å²) >= 11 is 0. The Kier molecular flexibility index (Phi) is 8.19. The van der Waals surface area contributed by atoms with Gasteiger partial charge in [0.2, 0.25) is 5.91 Å². The summed E-state index contributed by atoms with van der Waals surface area (Å²) in [5.74, 6) is 1.09. The summed E-state index contributed by atoms with van der Waals surface area (Å²) in [7, 11) is 2.11. The smallest absolute Gasteiger partial charge is 0.223 e. The van der Waals surface area contributed by atoms with Crippen LogP contribution in [-0.4, -0.2) is 43.5 Å². The van der Waals surface area contributed by atoms with E-state index in [1.54, 1.807) is 0 Å². The maximum atomic E-state index is 11.9.